The molecule has 0 bridgehead atoms. The summed E-state index contributed by atoms with van der Waals surface area (Å²) >= 11 is 0. The van der Waals surface area contributed by atoms with Gasteiger partial charge in [-0.1, -0.05) is 30.3 Å². The average molecular weight is 406 g/mol. The average Bonchev–Trinajstić information content (AvgIpc) is 3.18. The number of hydrogen-bond acceptors (Lipinski definition) is 4. The van der Waals surface area contributed by atoms with Crippen molar-refractivity contribution in [1.29, 1.82) is 5.26 Å². The van der Waals surface area contributed by atoms with Gasteiger partial charge in [0.05, 0.1) is 12.0 Å². The number of amides is 2. The Hall–Kier alpha value is -3.24. The van der Waals surface area contributed by atoms with E-state index in [1.54, 1.807) is 21.9 Å². The van der Waals surface area contributed by atoms with E-state index in [9.17, 15) is 19.2 Å². The van der Waals surface area contributed by atoms with Crippen LogP contribution in [0, 0.1) is 23.1 Å². The van der Waals surface area contributed by atoms with E-state index in [1.807, 2.05) is 35.2 Å². The predicted molar refractivity (Wildman–Crippen MR) is 110 cm³/mol. The Bertz CT molecular complexity index is 949. The predicted octanol–water partition coefficient (Wildman–Crippen LogP) is 2.59. The van der Waals surface area contributed by atoms with Crippen LogP contribution in [0.2, 0.25) is 0 Å². The third-order valence-corrected chi connectivity index (χ3v) is 5.84. The Morgan fingerprint density at radius 3 is 2.33 bits per heavy atom. The fraction of sp³-hybridized carbons (Fsp3) is 0.348. The summed E-state index contributed by atoms with van der Waals surface area (Å²) in [5.41, 5.74) is 1.57. The van der Waals surface area contributed by atoms with Crippen molar-refractivity contribution >= 4 is 17.5 Å². The number of anilines is 1. The number of nitriles is 1. The van der Waals surface area contributed by atoms with Gasteiger partial charge in [-0.2, -0.15) is 5.26 Å². The second-order valence-corrected chi connectivity index (χ2v) is 7.69. The zero-order valence-corrected chi connectivity index (χ0v) is 16.6. The van der Waals surface area contributed by atoms with E-state index >= 15 is 0 Å². The van der Waals surface area contributed by atoms with E-state index in [0.29, 0.717) is 32.7 Å². The molecule has 0 spiro atoms. The highest BCUT2D eigenvalue weighted by molar-refractivity contribution is 6.00. The Labute approximate surface area is 175 Å². The van der Waals surface area contributed by atoms with Crippen LogP contribution in [0.4, 0.5) is 10.1 Å². The van der Waals surface area contributed by atoms with Crippen LogP contribution in [0.1, 0.15) is 18.0 Å². The zero-order valence-electron chi connectivity index (χ0n) is 16.6. The molecule has 2 aliphatic heterocycles. The van der Waals surface area contributed by atoms with Crippen molar-refractivity contribution in [1.82, 2.24) is 9.80 Å². The van der Waals surface area contributed by atoms with E-state index in [0.717, 1.165) is 11.3 Å². The van der Waals surface area contributed by atoms with E-state index in [1.165, 1.54) is 12.1 Å². The zero-order chi connectivity index (χ0) is 21.1. The van der Waals surface area contributed by atoms with E-state index in [-0.39, 0.29) is 30.0 Å². The molecule has 2 unspecified atom stereocenters. The summed E-state index contributed by atoms with van der Waals surface area (Å²) in [5.74, 6) is -0.703. The summed E-state index contributed by atoms with van der Waals surface area (Å²) in [4.78, 5) is 30.9. The Morgan fingerprint density at radius 1 is 1.03 bits per heavy atom. The topological polar surface area (TPSA) is 67.6 Å². The smallest absolute Gasteiger partial charge is 0.228 e. The molecular weight excluding hydrogens is 383 g/mol. The highest BCUT2D eigenvalue weighted by Crippen LogP contribution is 2.27. The lowest BCUT2D eigenvalue weighted by atomic mass is 10.0. The lowest BCUT2D eigenvalue weighted by Crippen LogP contribution is -2.51. The number of halogens is 1. The van der Waals surface area contributed by atoms with E-state index in [2.05, 4.69) is 6.07 Å². The highest BCUT2D eigenvalue weighted by Gasteiger charge is 2.38. The normalized spacial score (nSPS) is 20.8. The largest absolute Gasteiger partial charge is 0.340 e. The minimum absolute atomic E-state index is 0.00304. The molecule has 2 aliphatic rings. The van der Waals surface area contributed by atoms with Crippen molar-refractivity contribution < 1.29 is 14.0 Å². The fourth-order valence-corrected chi connectivity index (χ4v) is 4.20. The third-order valence-electron chi connectivity index (χ3n) is 5.84. The maximum absolute atomic E-state index is 13.2. The molecule has 0 saturated carbocycles. The minimum Gasteiger partial charge on any atom is -0.340 e. The minimum atomic E-state index is -0.468. The molecule has 2 fully saturated rings. The van der Waals surface area contributed by atoms with Crippen LogP contribution in [0.3, 0.4) is 0 Å². The molecule has 154 valence electrons. The van der Waals surface area contributed by atoms with Crippen molar-refractivity contribution in [2.75, 3.05) is 37.6 Å². The summed E-state index contributed by atoms with van der Waals surface area (Å²) in [7, 11) is 0. The monoisotopic (exact) mass is 406 g/mol. The Balaban J connectivity index is 1.36. The quantitative estimate of drug-likeness (QED) is 0.783. The molecule has 2 saturated heterocycles. The molecule has 2 atom stereocenters. The van der Waals surface area contributed by atoms with Gasteiger partial charge in [-0.15, -0.1) is 0 Å². The van der Waals surface area contributed by atoms with Crippen LogP contribution < -0.4 is 4.90 Å². The molecule has 4 rings (SSSR count). The first-order valence-corrected chi connectivity index (χ1v) is 10.1. The molecule has 0 aliphatic carbocycles. The molecule has 2 amide bonds. The summed E-state index contributed by atoms with van der Waals surface area (Å²) in [6.07, 6.45) is 0.227. The van der Waals surface area contributed by atoms with Gasteiger partial charge in [-0.05, 0) is 29.8 Å². The standard InChI is InChI=1S/C23H23FN4O2/c24-19-8-6-17(7-9-19)21(15-25)26-10-12-27(13-11-26)23(30)18-14-22(29)28(16-18)20-4-2-1-3-5-20/h1-9,18,21H,10-14,16H2. The van der Waals surface area contributed by atoms with Crippen LogP contribution in [-0.4, -0.2) is 54.3 Å². The van der Waals surface area contributed by atoms with Crippen LogP contribution in [0.15, 0.2) is 54.6 Å². The Kier molecular flexibility index (Phi) is 5.77. The molecule has 2 aromatic carbocycles. The van der Waals surface area contributed by atoms with Gasteiger partial charge in [-0.25, -0.2) is 4.39 Å². The molecule has 2 heterocycles. The summed E-state index contributed by atoms with van der Waals surface area (Å²) in [5, 5.41) is 9.61. The van der Waals surface area contributed by atoms with Gasteiger partial charge in [0.15, 0.2) is 0 Å². The highest BCUT2D eigenvalue weighted by atomic mass is 19.1. The molecule has 30 heavy (non-hydrogen) atoms. The van der Waals surface area contributed by atoms with Gasteiger partial charge < -0.3 is 9.80 Å². The summed E-state index contributed by atoms with van der Waals surface area (Å²) in [6, 6.07) is 17.2. The SMILES string of the molecule is N#CC(c1ccc(F)cc1)N1CCN(C(=O)C2CC(=O)N(c3ccccc3)C2)CC1. The number of carbonyl (C=O) groups excluding carboxylic acids is 2. The third kappa shape index (κ3) is 4.05. The number of benzene rings is 2. The first-order valence-electron chi connectivity index (χ1n) is 10.1. The van der Waals surface area contributed by atoms with E-state index < -0.39 is 6.04 Å². The maximum atomic E-state index is 13.2. The number of rotatable bonds is 4. The van der Waals surface area contributed by atoms with Crippen LogP contribution >= 0.6 is 0 Å². The van der Waals surface area contributed by atoms with Crippen LogP contribution in [0.5, 0.6) is 0 Å². The van der Waals surface area contributed by atoms with Gasteiger partial charge in [-0.3, -0.25) is 14.5 Å². The molecule has 2 aromatic rings. The number of para-hydroxylation sites is 1. The van der Waals surface area contributed by atoms with Crippen molar-refractivity contribution in [2.24, 2.45) is 5.92 Å². The van der Waals surface area contributed by atoms with Crippen molar-refractivity contribution in [3.8, 4) is 6.07 Å². The number of hydrogen-bond donors (Lipinski definition) is 0. The maximum Gasteiger partial charge on any atom is 0.228 e. The first kappa shape index (κ1) is 20.0. The molecular formula is C23H23FN4O2. The number of nitrogens with zero attached hydrogens (tertiary/aromatic N) is 4. The van der Waals surface area contributed by atoms with Gasteiger partial charge in [0.25, 0.3) is 0 Å². The van der Waals surface area contributed by atoms with Gasteiger partial charge in [0.1, 0.15) is 11.9 Å². The fourth-order valence-electron chi connectivity index (χ4n) is 4.20. The van der Waals surface area contributed by atoms with Gasteiger partial charge in [0.2, 0.25) is 11.8 Å². The second-order valence-electron chi connectivity index (χ2n) is 7.69. The lowest BCUT2D eigenvalue weighted by Gasteiger charge is -2.37. The molecule has 0 radical (unpaired) electrons. The number of piperazine rings is 1. The lowest BCUT2D eigenvalue weighted by molar-refractivity contribution is -0.137. The van der Waals surface area contributed by atoms with Gasteiger partial charge >= 0.3 is 0 Å². The van der Waals surface area contributed by atoms with Crippen molar-refractivity contribution in [2.45, 2.75) is 12.5 Å². The molecule has 7 heteroatoms. The second kappa shape index (κ2) is 8.64. The summed E-state index contributed by atoms with van der Waals surface area (Å²) < 4.78 is 13.2. The van der Waals surface area contributed by atoms with Gasteiger partial charge in [0, 0.05) is 44.8 Å². The Morgan fingerprint density at radius 2 is 1.70 bits per heavy atom. The number of carbonyl (C=O) groups is 2. The van der Waals surface area contributed by atoms with E-state index in [4.69, 9.17) is 0 Å². The summed E-state index contributed by atoms with van der Waals surface area (Å²) in [6.45, 7) is 2.54. The first-order chi connectivity index (χ1) is 14.6. The molecule has 0 N–H and O–H groups in total. The molecule has 6 nitrogen and oxygen atoms in total. The van der Waals surface area contributed by atoms with Crippen molar-refractivity contribution in [3.63, 3.8) is 0 Å². The van der Waals surface area contributed by atoms with Crippen LogP contribution in [0.25, 0.3) is 0 Å². The van der Waals surface area contributed by atoms with Crippen molar-refractivity contribution in [3.05, 3.63) is 66.0 Å². The molecule has 0 aromatic heterocycles. The van der Waals surface area contributed by atoms with Crippen LogP contribution in [-0.2, 0) is 9.59 Å².